The highest BCUT2D eigenvalue weighted by molar-refractivity contribution is 5.49. The summed E-state index contributed by atoms with van der Waals surface area (Å²) in [7, 11) is 0. The van der Waals surface area contributed by atoms with E-state index >= 15 is 0 Å². The summed E-state index contributed by atoms with van der Waals surface area (Å²) in [5, 5.41) is 10.6. The Morgan fingerprint density at radius 3 is 1.92 bits per heavy atom. The second-order valence-corrected chi connectivity index (χ2v) is 11.0. The predicted octanol–water partition coefficient (Wildman–Crippen LogP) is 9.19. The third kappa shape index (κ3) is 7.16. The molecule has 2 aromatic rings. The van der Waals surface area contributed by atoms with Gasteiger partial charge >= 0.3 is 12.4 Å². The summed E-state index contributed by atoms with van der Waals surface area (Å²) >= 11 is 0. The van der Waals surface area contributed by atoms with E-state index in [-0.39, 0.29) is 18.5 Å². The van der Waals surface area contributed by atoms with Crippen LogP contribution >= 0.6 is 0 Å². The Labute approximate surface area is 228 Å². The summed E-state index contributed by atoms with van der Waals surface area (Å²) in [5.41, 5.74) is -4.30. The molecule has 0 aliphatic heterocycles. The fourth-order valence-electron chi connectivity index (χ4n) is 6.42. The minimum atomic E-state index is -5.01. The summed E-state index contributed by atoms with van der Waals surface area (Å²) < 4.78 is 85.5. The molecule has 214 valence electrons. The molecule has 2 nitrogen and oxygen atoms in total. The summed E-state index contributed by atoms with van der Waals surface area (Å²) in [4.78, 5) is 2.27. The van der Waals surface area contributed by atoms with Gasteiger partial charge in [0.15, 0.2) is 0 Å². The van der Waals surface area contributed by atoms with Gasteiger partial charge in [-0.15, -0.1) is 0 Å². The van der Waals surface area contributed by atoms with Gasteiger partial charge in [-0.05, 0) is 81.5 Å². The zero-order chi connectivity index (χ0) is 28.8. The van der Waals surface area contributed by atoms with Crippen molar-refractivity contribution in [3.05, 3.63) is 70.8 Å². The van der Waals surface area contributed by atoms with Crippen LogP contribution in [0.3, 0.4) is 0 Å². The fourth-order valence-corrected chi connectivity index (χ4v) is 6.42. The molecule has 0 bridgehead atoms. The van der Waals surface area contributed by atoms with E-state index in [1.165, 1.54) is 0 Å². The average molecular weight is 553 g/mol. The molecule has 0 amide bonds. The zero-order valence-electron chi connectivity index (χ0n) is 22.9. The molecule has 1 fully saturated rings. The van der Waals surface area contributed by atoms with E-state index in [4.69, 9.17) is 0 Å². The average Bonchev–Trinajstić information content (AvgIpc) is 3.43. The highest BCUT2D eigenvalue weighted by Crippen LogP contribution is 2.52. The van der Waals surface area contributed by atoms with E-state index < -0.39 is 40.4 Å². The minimum absolute atomic E-state index is 0.0581. The number of nitrogens with zero attached hydrogens (tertiary/aromatic N) is 2. The molecule has 2 atom stereocenters. The molecule has 0 heterocycles. The summed E-state index contributed by atoms with van der Waals surface area (Å²) in [6.45, 7) is 6.78. The quantitative estimate of drug-likeness (QED) is 0.260. The molecule has 1 aliphatic rings. The predicted molar refractivity (Wildman–Crippen MR) is 141 cm³/mol. The lowest BCUT2D eigenvalue weighted by Crippen LogP contribution is -2.44. The van der Waals surface area contributed by atoms with Gasteiger partial charge in [-0.3, -0.25) is 4.90 Å². The van der Waals surface area contributed by atoms with Crippen LogP contribution in [-0.2, 0) is 24.2 Å². The molecule has 0 radical (unpaired) electrons. The lowest BCUT2D eigenvalue weighted by atomic mass is 9.64. The lowest BCUT2D eigenvalue weighted by molar-refractivity contribution is -0.145. The fraction of sp³-hybridized carbons (Fsp3) is 0.581. The molecule has 2 unspecified atom stereocenters. The largest absolute Gasteiger partial charge is 0.416 e. The normalized spacial score (nSPS) is 17.4. The second kappa shape index (κ2) is 12.8. The van der Waals surface area contributed by atoms with Crippen LogP contribution in [0.1, 0.15) is 88.0 Å². The Hall–Kier alpha value is -2.53. The van der Waals surface area contributed by atoms with E-state index in [9.17, 15) is 31.6 Å². The topological polar surface area (TPSA) is 27.0 Å². The maximum Gasteiger partial charge on any atom is 0.416 e. The molecular weight excluding hydrogens is 514 g/mol. The molecule has 0 aromatic heterocycles. The Balaban J connectivity index is 2.05. The number of halogens is 6. The molecule has 0 N–H and O–H groups in total. The van der Waals surface area contributed by atoms with Crippen LogP contribution in [0, 0.1) is 17.2 Å². The standard InChI is InChI=1S/C31H38F6N2/c1-4-25(39(22(2)3)20-18-23-11-6-5-7-12-23)17-19-29(21-38,24-13-8-9-14-24)28-26(30(32,33)34)15-10-16-27(28)31(35,36)37/h5-7,10-12,15-16,22,24-25H,4,8-9,13-14,17-20H2,1-3H3. The van der Waals surface area contributed by atoms with E-state index in [0.717, 1.165) is 18.1 Å². The maximum absolute atomic E-state index is 14.2. The van der Waals surface area contributed by atoms with E-state index in [1.807, 2.05) is 51.1 Å². The van der Waals surface area contributed by atoms with Gasteiger partial charge in [0.1, 0.15) is 0 Å². The van der Waals surface area contributed by atoms with Gasteiger partial charge in [0.25, 0.3) is 0 Å². The van der Waals surface area contributed by atoms with Crippen LogP contribution in [-0.4, -0.2) is 23.5 Å². The molecule has 8 heteroatoms. The molecule has 3 rings (SSSR count). The number of hydrogen-bond donors (Lipinski definition) is 0. The van der Waals surface area contributed by atoms with Crippen LogP contribution in [0.25, 0.3) is 0 Å². The van der Waals surface area contributed by atoms with Crippen molar-refractivity contribution in [1.82, 2.24) is 4.90 Å². The van der Waals surface area contributed by atoms with Crippen molar-refractivity contribution < 1.29 is 26.3 Å². The second-order valence-electron chi connectivity index (χ2n) is 11.0. The van der Waals surface area contributed by atoms with Gasteiger partial charge in [0.2, 0.25) is 0 Å². The van der Waals surface area contributed by atoms with Crippen LogP contribution in [0.15, 0.2) is 48.5 Å². The molecule has 1 saturated carbocycles. The first-order valence-electron chi connectivity index (χ1n) is 13.8. The van der Waals surface area contributed by atoms with Gasteiger partial charge in [-0.25, -0.2) is 0 Å². The SMILES string of the molecule is CCC(CCC(C#N)(c1c(C(F)(F)F)cccc1C(F)(F)F)C1CCCC1)N(CCc1ccccc1)C(C)C. The van der Waals surface area contributed by atoms with Crippen LogP contribution < -0.4 is 0 Å². The Bertz CT molecular complexity index is 1060. The highest BCUT2D eigenvalue weighted by Gasteiger charge is 2.52. The van der Waals surface area contributed by atoms with Crippen molar-refractivity contribution in [2.75, 3.05) is 6.54 Å². The first-order chi connectivity index (χ1) is 18.3. The zero-order valence-corrected chi connectivity index (χ0v) is 22.9. The summed E-state index contributed by atoms with van der Waals surface area (Å²) in [5.74, 6) is -0.568. The van der Waals surface area contributed by atoms with Gasteiger partial charge in [0.05, 0.1) is 22.6 Å². The summed E-state index contributed by atoms with van der Waals surface area (Å²) in [6, 6.07) is 14.2. The van der Waals surface area contributed by atoms with Gasteiger partial charge in [-0.1, -0.05) is 56.2 Å². The Kier molecular flexibility index (Phi) is 10.1. The minimum Gasteiger partial charge on any atom is -0.298 e. The van der Waals surface area contributed by atoms with E-state index in [1.54, 1.807) is 0 Å². The number of benzene rings is 2. The number of rotatable bonds is 11. The Morgan fingerprint density at radius 1 is 0.897 bits per heavy atom. The molecule has 0 spiro atoms. The van der Waals surface area contributed by atoms with E-state index in [0.29, 0.717) is 57.2 Å². The molecular formula is C31H38F6N2. The van der Waals surface area contributed by atoms with Crippen molar-refractivity contribution in [3.63, 3.8) is 0 Å². The van der Waals surface area contributed by atoms with E-state index in [2.05, 4.69) is 11.0 Å². The van der Waals surface area contributed by atoms with Crippen molar-refractivity contribution in [3.8, 4) is 6.07 Å². The Morgan fingerprint density at radius 2 is 1.46 bits per heavy atom. The third-order valence-electron chi connectivity index (χ3n) is 8.35. The number of nitriles is 1. The third-order valence-corrected chi connectivity index (χ3v) is 8.35. The molecule has 39 heavy (non-hydrogen) atoms. The first-order valence-corrected chi connectivity index (χ1v) is 13.8. The molecule has 1 aliphatic carbocycles. The van der Waals surface area contributed by atoms with Crippen LogP contribution in [0.4, 0.5) is 26.3 Å². The monoisotopic (exact) mass is 552 g/mol. The lowest BCUT2D eigenvalue weighted by Gasteiger charge is -2.40. The summed E-state index contributed by atoms with van der Waals surface area (Å²) in [6.07, 6.45) is -6.04. The van der Waals surface area contributed by atoms with Crippen molar-refractivity contribution in [2.45, 2.75) is 102 Å². The van der Waals surface area contributed by atoms with Gasteiger partial charge < -0.3 is 0 Å². The highest BCUT2D eigenvalue weighted by atomic mass is 19.4. The first kappa shape index (κ1) is 31.0. The molecule has 0 saturated heterocycles. The van der Waals surface area contributed by atoms with Crippen LogP contribution in [0.5, 0.6) is 0 Å². The number of hydrogen-bond acceptors (Lipinski definition) is 2. The maximum atomic E-state index is 14.2. The number of alkyl halides is 6. The van der Waals surface area contributed by atoms with Gasteiger partial charge in [-0.2, -0.15) is 31.6 Å². The van der Waals surface area contributed by atoms with Gasteiger partial charge in [0, 0.05) is 18.6 Å². The van der Waals surface area contributed by atoms with Crippen molar-refractivity contribution in [1.29, 1.82) is 5.26 Å². The van der Waals surface area contributed by atoms with Crippen molar-refractivity contribution >= 4 is 0 Å². The van der Waals surface area contributed by atoms with Crippen LogP contribution in [0.2, 0.25) is 0 Å². The smallest absolute Gasteiger partial charge is 0.298 e. The van der Waals surface area contributed by atoms with Crippen molar-refractivity contribution in [2.24, 2.45) is 5.92 Å². The molecule has 2 aromatic carbocycles.